The maximum atomic E-state index is 12.7. The molecule has 0 atom stereocenters. The van der Waals surface area contributed by atoms with Crippen LogP contribution in [-0.2, 0) is 24.3 Å². The molecular weight excluding hydrogens is 344 g/mol. The molecule has 0 saturated carbocycles. The van der Waals surface area contributed by atoms with Crippen molar-refractivity contribution in [3.63, 3.8) is 0 Å². The Morgan fingerprint density at radius 3 is 2.74 bits per heavy atom. The van der Waals surface area contributed by atoms with Crippen LogP contribution in [0.1, 0.15) is 54.3 Å². The second-order valence-electron chi connectivity index (χ2n) is 7.20. The highest BCUT2D eigenvalue weighted by Crippen LogP contribution is 2.16. The van der Waals surface area contributed by atoms with Gasteiger partial charge in [-0.3, -0.25) is 19.3 Å². The summed E-state index contributed by atoms with van der Waals surface area (Å²) < 4.78 is 1.95. The van der Waals surface area contributed by atoms with Crippen molar-refractivity contribution < 1.29 is 9.59 Å². The molecular formula is C19H26N6O2. The van der Waals surface area contributed by atoms with E-state index in [9.17, 15) is 9.59 Å². The standard InChI is InChI=1S/C19H26N6O2/c1-13(2)22-18(26)6-5-15-9-16-12-24(7-4-8-25(16)23-15)19(27)17-11-20-14(3)10-21-17/h9-11,13H,4-8,12H2,1-3H3,(H,22,26). The van der Waals surface area contributed by atoms with Gasteiger partial charge in [0.1, 0.15) is 5.69 Å². The average Bonchev–Trinajstić information content (AvgIpc) is 2.90. The summed E-state index contributed by atoms with van der Waals surface area (Å²) in [6.45, 7) is 7.64. The van der Waals surface area contributed by atoms with E-state index in [0.29, 0.717) is 31.6 Å². The maximum Gasteiger partial charge on any atom is 0.274 e. The van der Waals surface area contributed by atoms with Crippen LogP contribution in [0.5, 0.6) is 0 Å². The number of hydrogen-bond donors (Lipinski definition) is 1. The molecule has 3 rings (SSSR count). The third-order valence-corrected chi connectivity index (χ3v) is 4.41. The Morgan fingerprint density at radius 2 is 2.04 bits per heavy atom. The van der Waals surface area contributed by atoms with E-state index in [4.69, 9.17) is 0 Å². The molecule has 0 fully saturated rings. The van der Waals surface area contributed by atoms with Crippen LogP contribution in [0.2, 0.25) is 0 Å². The molecule has 2 amide bonds. The summed E-state index contributed by atoms with van der Waals surface area (Å²) >= 11 is 0. The lowest BCUT2D eigenvalue weighted by molar-refractivity contribution is -0.121. The number of amides is 2. The summed E-state index contributed by atoms with van der Waals surface area (Å²) in [6.07, 6.45) is 4.97. The lowest BCUT2D eigenvalue weighted by Gasteiger charge is -2.19. The van der Waals surface area contributed by atoms with Crippen LogP contribution in [0.4, 0.5) is 0 Å². The molecule has 8 heteroatoms. The summed E-state index contributed by atoms with van der Waals surface area (Å²) in [5, 5.41) is 7.50. The molecule has 0 saturated heterocycles. The van der Waals surface area contributed by atoms with Crippen molar-refractivity contribution in [2.75, 3.05) is 6.54 Å². The average molecular weight is 370 g/mol. The SMILES string of the molecule is Cc1cnc(C(=O)N2CCCn3nc(CCC(=O)NC(C)C)cc3C2)cn1. The van der Waals surface area contributed by atoms with E-state index in [-0.39, 0.29) is 17.9 Å². The molecule has 2 aromatic heterocycles. The number of rotatable bonds is 5. The minimum Gasteiger partial charge on any atom is -0.354 e. The van der Waals surface area contributed by atoms with Crippen LogP contribution in [0.25, 0.3) is 0 Å². The van der Waals surface area contributed by atoms with Gasteiger partial charge >= 0.3 is 0 Å². The number of nitrogens with zero attached hydrogens (tertiary/aromatic N) is 5. The first-order valence-corrected chi connectivity index (χ1v) is 9.35. The van der Waals surface area contributed by atoms with E-state index in [1.807, 2.05) is 31.5 Å². The Bertz CT molecular complexity index is 812. The van der Waals surface area contributed by atoms with E-state index in [1.165, 1.54) is 6.20 Å². The van der Waals surface area contributed by atoms with Gasteiger partial charge in [-0.15, -0.1) is 0 Å². The van der Waals surface area contributed by atoms with E-state index >= 15 is 0 Å². The molecule has 27 heavy (non-hydrogen) atoms. The maximum absolute atomic E-state index is 12.7. The predicted molar refractivity (Wildman–Crippen MR) is 100.0 cm³/mol. The second kappa shape index (κ2) is 8.28. The highest BCUT2D eigenvalue weighted by atomic mass is 16.2. The Hall–Kier alpha value is -2.77. The van der Waals surface area contributed by atoms with Crippen LogP contribution >= 0.6 is 0 Å². The summed E-state index contributed by atoms with van der Waals surface area (Å²) in [7, 11) is 0. The van der Waals surface area contributed by atoms with Crippen LogP contribution in [-0.4, -0.2) is 49.0 Å². The largest absolute Gasteiger partial charge is 0.354 e. The zero-order valence-corrected chi connectivity index (χ0v) is 16.1. The van der Waals surface area contributed by atoms with Gasteiger partial charge in [0.15, 0.2) is 0 Å². The monoisotopic (exact) mass is 370 g/mol. The number of aryl methyl sites for hydroxylation is 3. The van der Waals surface area contributed by atoms with E-state index in [0.717, 1.165) is 30.0 Å². The van der Waals surface area contributed by atoms with Gasteiger partial charge in [0.05, 0.1) is 29.8 Å². The number of nitrogens with one attached hydrogen (secondary N) is 1. The summed E-state index contributed by atoms with van der Waals surface area (Å²) in [5.74, 6) is -0.0852. The van der Waals surface area contributed by atoms with Crippen LogP contribution in [0, 0.1) is 6.92 Å². The van der Waals surface area contributed by atoms with Crippen molar-refractivity contribution in [3.8, 4) is 0 Å². The first kappa shape index (κ1) is 19.0. The fraction of sp³-hybridized carbons (Fsp3) is 0.526. The van der Waals surface area contributed by atoms with Gasteiger partial charge in [0, 0.05) is 38.2 Å². The first-order valence-electron chi connectivity index (χ1n) is 9.35. The van der Waals surface area contributed by atoms with Crippen LogP contribution < -0.4 is 5.32 Å². The second-order valence-corrected chi connectivity index (χ2v) is 7.20. The molecule has 144 valence electrons. The van der Waals surface area contributed by atoms with Gasteiger partial charge in [0.25, 0.3) is 5.91 Å². The summed E-state index contributed by atoms with van der Waals surface area (Å²) in [6, 6.07) is 2.13. The van der Waals surface area contributed by atoms with Crippen molar-refractivity contribution in [2.45, 2.75) is 59.2 Å². The van der Waals surface area contributed by atoms with Gasteiger partial charge in [-0.05, 0) is 33.3 Å². The van der Waals surface area contributed by atoms with Crippen molar-refractivity contribution in [2.24, 2.45) is 0 Å². The fourth-order valence-electron chi connectivity index (χ4n) is 3.12. The Kier molecular flexibility index (Phi) is 5.83. The first-order chi connectivity index (χ1) is 12.9. The molecule has 3 heterocycles. The highest BCUT2D eigenvalue weighted by Gasteiger charge is 2.23. The Balaban J connectivity index is 1.66. The lowest BCUT2D eigenvalue weighted by atomic mass is 10.2. The predicted octanol–water partition coefficient (Wildman–Crippen LogP) is 1.48. The summed E-state index contributed by atoms with van der Waals surface area (Å²) in [5.41, 5.74) is 3.01. The zero-order valence-electron chi connectivity index (χ0n) is 16.1. The fourth-order valence-corrected chi connectivity index (χ4v) is 3.12. The van der Waals surface area contributed by atoms with Crippen LogP contribution in [0.3, 0.4) is 0 Å². The van der Waals surface area contributed by atoms with Gasteiger partial charge in [-0.25, -0.2) is 4.98 Å². The Labute approximate surface area is 159 Å². The molecule has 1 N–H and O–H groups in total. The summed E-state index contributed by atoms with van der Waals surface area (Å²) in [4.78, 5) is 34.7. The van der Waals surface area contributed by atoms with Gasteiger partial charge in [-0.2, -0.15) is 5.10 Å². The molecule has 2 aromatic rings. The number of carbonyl (C=O) groups excluding carboxylic acids is 2. The van der Waals surface area contributed by atoms with E-state index < -0.39 is 0 Å². The van der Waals surface area contributed by atoms with E-state index in [1.54, 1.807) is 11.1 Å². The third-order valence-electron chi connectivity index (χ3n) is 4.41. The number of fused-ring (bicyclic) bond motifs is 1. The number of carbonyl (C=O) groups is 2. The zero-order chi connectivity index (χ0) is 19.4. The molecule has 1 aliphatic rings. The molecule has 0 aliphatic carbocycles. The minimum absolute atomic E-state index is 0.0305. The van der Waals surface area contributed by atoms with Crippen molar-refractivity contribution in [1.29, 1.82) is 0 Å². The van der Waals surface area contributed by atoms with E-state index in [2.05, 4.69) is 20.4 Å². The molecule has 0 aromatic carbocycles. The molecule has 0 radical (unpaired) electrons. The molecule has 0 bridgehead atoms. The normalized spacial score (nSPS) is 14.0. The number of aromatic nitrogens is 4. The van der Waals surface area contributed by atoms with Crippen molar-refractivity contribution in [1.82, 2.24) is 30.0 Å². The third kappa shape index (κ3) is 4.90. The number of hydrogen-bond acceptors (Lipinski definition) is 5. The molecule has 0 spiro atoms. The smallest absolute Gasteiger partial charge is 0.274 e. The van der Waals surface area contributed by atoms with Gasteiger partial charge in [-0.1, -0.05) is 0 Å². The lowest BCUT2D eigenvalue weighted by Crippen LogP contribution is -2.31. The van der Waals surface area contributed by atoms with Gasteiger partial charge in [0.2, 0.25) is 5.91 Å². The van der Waals surface area contributed by atoms with Gasteiger partial charge < -0.3 is 10.2 Å². The minimum atomic E-state index is -0.116. The quantitative estimate of drug-likeness (QED) is 0.861. The molecule has 1 aliphatic heterocycles. The topological polar surface area (TPSA) is 93.0 Å². The molecule has 8 nitrogen and oxygen atoms in total. The highest BCUT2D eigenvalue weighted by molar-refractivity contribution is 5.92. The molecule has 0 unspecified atom stereocenters. The van der Waals surface area contributed by atoms with Crippen molar-refractivity contribution in [3.05, 3.63) is 41.2 Å². The van der Waals surface area contributed by atoms with Crippen LogP contribution in [0.15, 0.2) is 18.5 Å². The Morgan fingerprint density at radius 1 is 1.22 bits per heavy atom. The van der Waals surface area contributed by atoms with Crippen molar-refractivity contribution >= 4 is 11.8 Å².